The first-order chi connectivity index (χ1) is 4.84. The lowest BCUT2D eigenvalue weighted by atomic mass is 9.85. The van der Waals surface area contributed by atoms with Crippen LogP contribution < -0.4 is 3.53 Å². The van der Waals surface area contributed by atoms with Crippen molar-refractivity contribution in [3.63, 3.8) is 0 Å². The van der Waals surface area contributed by atoms with E-state index < -0.39 is 0 Å². The molecule has 1 aliphatic rings. The fourth-order valence-corrected chi connectivity index (χ4v) is 2.23. The molecule has 2 heteroatoms. The van der Waals surface area contributed by atoms with Gasteiger partial charge in [-0.15, -0.1) is 0 Å². The molecule has 0 aromatic heterocycles. The van der Waals surface area contributed by atoms with Crippen LogP contribution in [0.15, 0.2) is 0 Å². The summed E-state index contributed by atoms with van der Waals surface area (Å²) in [7, 11) is 0. The molecule has 0 amide bonds. The molecule has 1 nitrogen and oxygen atoms in total. The molecule has 1 rings (SSSR count). The lowest BCUT2D eigenvalue weighted by molar-refractivity contribution is 0.310. The molecule has 1 aliphatic carbocycles. The largest absolute Gasteiger partial charge is 0.258 e. The summed E-state index contributed by atoms with van der Waals surface area (Å²) in [6.07, 6.45) is 7.25. The van der Waals surface area contributed by atoms with E-state index in [-0.39, 0.29) is 0 Å². The summed E-state index contributed by atoms with van der Waals surface area (Å²) in [4.78, 5) is 0. The summed E-state index contributed by atoms with van der Waals surface area (Å²) in [5.41, 5.74) is 0. The highest BCUT2D eigenvalue weighted by molar-refractivity contribution is 14.1. The van der Waals surface area contributed by atoms with E-state index >= 15 is 0 Å². The third kappa shape index (κ3) is 2.38. The van der Waals surface area contributed by atoms with Crippen LogP contribution in [0.1, 0.15) is 39.0 Å². The maximum Gasteiger partial charge on any atom is 0.0172 e. The molecule has 0 radical (unpaired) electrons. The van der Waals surface area contributed by atoms with E-state index in [9.17, 15) is 0 Å². The molecule has 0 heterocycles. The molecular weight excluding hydrogens is 237 g/mol. The molecule has 0 aliphatic heterocycles. The number of halogens is 1. The Bertz CT molecular complexity index is 89.3. The Morgan fingerprint density at radius 2 is 1.90 bits per heavy atom. The second-order valence-electron chi connectivity index (χ2n) is 3.30. The Balaban J connectivity index is 2.24. The Labute approximate surface area is 77.5 Å². The normalized spacial score (nSPS) is 24.6. The minimum absolute atomic E-state index is 0.723. The molecule has 0 saturated heterocycles. The van der Waals surface area contributed by atoms with Gasteiger partial charge in [0.15, 0.2) is 0 Å². The van der Waals surface area contributed by atoms with Crippen LogP contribution in [-0.4, -0.2) is 6.04 Å². The van der Waals surface area contributed by atoms with Gasteiger partial charge in [-0.3, -0.25) is 3.53 Å². The average molecular weight is 253 g/mol. The predicted molar refractivity (Wildman–Crippen MR) is 53.2 cm³/mol. The quantitative estimate of drug-likeness (QED) is 0.589. The summed E-state index contributed by atoms with van der Waals surface area (Å²) in [6, 6.07) is 0.723. The smallest absolute Gasteiger partial charge is 0.0172 e. The monoisotopic (exact) mass is 253 g/mol. The SMILES string of the molecule is CC(NI)C1CCCCC1. The average Bonchev–Trinajstić information content (AvgIpc) is 2.05. The van der Waals surface area contributed by atoms with Crippen molar-refractivity contribution in [2.45, 2.75) is 45.1 Å². The van der Waals surface area contributed by atoms with Crippen molar-refractivity contribution in [3.05, 3.63) is 0 Å². The standard InChI is InChI=1S/C8H16IN/c1-7(10-9)8-5-3-2-4-6-8/h7-8,10H,2-6H2,1H3. The van der Waals surface area contributed by atoms with Crippen LogP contribution in [0.2, 0.25) is 0 Å². The molecule has 0 aromatic carbocycles. The maximum atomic E-state index is 3.30. The van der Waals surface area contributed by atoms with E-state index in [0.29, 0.717) is 0 Å². The topological polar surface area (TPSA) is 12.0 Å². The molecule has 1 saturated carbocycles. The van der Waals surface area contributed by atoms with Gasteiger partial charge in [-0.05, 0) is 25.7 Å². The van der Waals surface area contributed by atoms with Gasteiger partial charge in [0.05, 0.1) is 0 Å². The Morgan fingerprint density at radius 1 is 1.30 bits per heavy atom. The lowest BCUT2D eigenvalue weighted by Crippen LogP contribution is -2.28. The van der Waals surface area contributed by atoms with E-state index in [2.05, 4.69) is 33.3 Å². The number of nitrogens with one attached hydrogen (secondary N) is 1. The second kappa shape index (κ2) is 4.54. The van der Waals surface area contributed by atoms with Crippen molar-refractivity contribution in [3.8, 4) is 0 Å². The Morgan fingerprint density at radius 3 is 2.40 bits per heavy atom. The molecule has 60 valence electrons. The van der Waals surface area contributed by atoms with Crippen molar-refractivity contribution in [1.29, 1.82) is 0 Å². The van der Waals surface area contributed by atoms with Gasteiger partial charge in [0, 0.05) is 28.9 Å². The van der Waals surface area contributed by atoms with Gasteiger partial charge in [0.2, 0.25) is 0 Å². The molecule has 1 unspecified atom stereocenters. The summed E-state index contributed by atoms with van der Waals surface area (Å²) in [5, 5.41) is 0. The van der Waals surface area contributed by atoms with Gasteiger partial charge < -0.3 is 0 Å². The Kier molecular flexibility index (Phi) is 3.99. The van der Waals surface area contributed by atoms with Crippen LogP contribution >= 0.6 is 22.9 Å². The zero-order chi connectivity index (χ0) is 7.40. The third-order valence-corrected chi connectivity index (χ3v) is 3.51. The predicted octanol–water partition coefficient (Wildman–Crippen LogP) is 2.89. The van der Waals surface area contributed by atoms with E-state index in [1.54, 1.807) is 0 Å². The fourth-order valence-electron chi connectivity index (χ4n) is 1.72. The summed E-state index contributed by atoms with van der Waals surface area (Å²) in [5.74, 6) is 0.950. The van der Waals surface area contributed by atoms with Gasteiger partial charge in [0.25, 0.3) is 0 Å². The molecule has 10 heavy (non-hydrogen) atoms. The molecule has 1 N–H and O–H groups in total. The number of rotatable bonds is 2. The van der Waals surface area contributed by atoms with Gasteiger partial charge >= 0.3 is 0 Å². The van der Waals surface area contributed by atoms with E-state index in [1.807, 2.05) is 0 Å². The highest BCUT2D eigenvalue weighted by Crippen LogP contribution is 2.26. The highest BCUT2D eigenvalue weighted by atomic mass is 127. The van der Waals surface area contributed by atoms with Crippen LogP contribution in [0, 0.1) is 5.92 Å². The van der Waals surface area contributed by atoms with Gasteiger partial charge in [-0.25, -0.2) is 0 Å². The van der Waals surface area contributed by atoms with Crippen molar-refractivity contribution in [2.24, 2.45) is 5.92 Å². The first kappa shape index (κ1) is 8.78. The van der Waals surface area contributed by atoms with Crippen molar-refractivity contribution < 1.29 is 0 Å². The fraction of sp³-hybridized carbons (Fsp3) is 1.00. The lowest BCUT2D eigenvalue weighted by Gasteiger charge is -2.26. The van der Waals surface area contributed by atoms with Crippen LogP contribution in [0.3, 0.4) is 0 Å². The first-order valence-electron chi connectivity index (χ1n) is 4.20. The van der Waals surface area contributed by atoms with Crippen molar-refractivity contribution >= 4 is 22.9 Å². The Hall–Kier alpha value is 0.690. The minimum atomic E-state index is 0.723. The van der Waals surface area contributed by atoms with Crippen molar-refractivity contribution in [1.82, 2.24) is 3.53 Å². The maximum absolute atomic E-state index is 3.30. The zero-order valence-corrected chi connectivity index (χ0v) is 8.73. The van der Waals surface area contributed by atoms with Crippen LogP contribution in [0.25, 0.3) is 0 Å². The summed E-state index contributed by atoms with van der Waals surface area (Å²) < 4.78 is 3.30. The second-order valence-corrected chi connectivity index (χ2v) is 3.92. The van der Waals surface area contributed by atoms with Gasteiger partial charge in [0.1, 0.15) is 0 Å². The van der Waals surface area contributed by atoms with Crippen LogP contribution in [0.5, 0.6) is 0 Å². The molecule has 0 aromatic rings. The van der Waals surface area contributed by atoms with E-state index in [0.717, 1.165) is 12.0 Å². The van der Waals surface area contributed by atoms with Crippen molar-refractivity contribution in [2.75, 3.05) is 0 Å². The van der Waals surface area contributed by atoms with E-state index in [1.165, 1.54) is 32.1 Å². The molecule has 0 bridgehead atoms. The third-order valence-electron chi connectivity index (χ3n) is 2.53. The molecule has 0 spiro atoms. The minimum Gasteiger partial charge on any atom is -0.258 e. The van der Waals surface area contributed by atoms with Gasteiger partial charge in [-0.1, -0.05) is 19.3 Å². The number of hydrogen-bond acceptors (Lipinski definition) is 1. The molecular formula is C8H16IN. The zero-order valence-electron chi connectivity index (χ0n) is 6.57. The first-order valence-corrected chi connectivity index (χ1v) is 5.28. The molecule has 1 atom stereocenters. The number of hydrogen-bond donors (Lipinski definition) is 1. The molecule has 1 fully saturated rings. The highest BCUT2D eigenvalue weighted by Gasteiger charge is 2.18. The summed E-state index contributed by atoms with van der Waals surface area (Å²) in [6.45, 7) is 2.29. The van der Waals surface area contributed by atoms with Crippen LogP contribution in [-0.2, 0) is 0 Å². The van der Waals surface area contributed by atoms with Gasteiger partial charge in [-0.2, -0.15) is 0 Å². The van der Waals surface area contributed by atoms with Crippen LogP contribution in [0.4, 0.5) is 0 Å². The summed E-state index contributed by atoms with van der Waals surface area (Å²) >= 11 is 2.27. The van der Waals surface area contributed by atoms with E-state index in [4.69, 9.17) is 0 Å².